The lowest BCUT2D eigenvalue weighted by Crippen LogP contribution is -2.35. The Morgan fingerprint density at radius 2 is 1.81 bits per heavy atom. The highest BCUT2D eigenvalue weighted by molar-refractivity contribution is 5.49. The van der Waals surface area contributed by atoms with E-state index in [1.54, 1.807) is 6.07 Å². The second-order valence-corrected chi connectivity index (χ2v) is 7.48. The standard InChI is InChI=1S/C18H31FN2/c1-13(2)10-14(3)21(7)17-9-8-15(11-16(17)19)12-20-18(4,5)6/h8-9,11,13-14,20H,10,12H2,1-7H3. The van der Waals surface area contributed by atoms with Gasteiger partial charge in [0.1, 0.15) is 5.82 Å². The summed E-state index contributed by atoms with van der Waals surface area (Å²) in [6.07, 6.45) is 1.06. The molecule has 1 rings (SSSR count). The van der Waals surface area contributed by atoms with Crippen LogP contribution in [0.25, 0.3) is 0 Å². The molecular formula is C18H31FN2. The van der Waals surface area contributed by atoms with Gasteiger partial charge >= 0.3 is 0 Å². The van der Waals surface area contributed by atoms with Crippen LogP contribution in [0.1, 0.15) is 53.5 Å². The molecule has 1 aromatic carbocycles. The summed E-state index contributed by atoms with van der Waals surface area (Å²) < 4.78 is 14.3. The zero-order valence-electron chi connectivity index (χ0n) is 14.6. The first-order chi connectivity index (χ1) is 9.60. The molecule has 0 saturated carbocycles. The molecule has 1 atom stereocenters. The van der Waals surface area contributed by atoms with Crippen LogP contribution in [0, 0.1) is 11.7 Å². The van der Waals surface area contributed by atoms with Gasteiger partial charge in [-0.15, -0.1) is 0 Å². The molecule has 0 aromatic heterocycles. The number of nitrogens with one attached hydrogen (secondary N) is 1. The van der Waals surface area contributed by atoms with E-state index in [4.69, 9.17) is 0 Å². The normalized spacial score (nSPS) is 13.6. The summed E-state index contributed by atoms with van der Waals surface area (Å²) in [6.45, 7) is 13.6. The van der Waals surface area contributed by atoms with E-state index in [0.717, 1.165) is 12.0 Å². The number of anilines is 1. The van der Waals surface area contributed by atoms with Crippen molar-refractivity contribution in [3.8, 4) is 0 Å². The smallest absolute Gasteiger partial charge is 0.146 e. The molecule has 0 aliphatic rings. The monoisotopic (exact) mass is 294 g/mol. The molecule has 0 bridgehead atoms. The van der Waals surface area contributed by atoms with Crippen LogP contribution in [0.15, 0.2) is 18.2 Å². The average molecular weight is 294 g/mol. The van der Waals surface area contributed by atoms with Crippen molar-refractivity contribution in [2.75, 3.05) is 11.9 Å². The Bertz CT molecular complexity index is 449. The third kappa shape index (κ3) is 6.04. The molecule has 2 nitrogen and oxygen atoms in total. The summed E-state index contributed by atoms with van der Waals surface area (Å²) in [4.78, 5) is 2.04. The van der Waals surface area contributed by atoms with Gasteiger partial charge in [-0.3, -0.25) is 0 Å². The van der Waals surface area contributed by atoms with Crippen molar-refractivity contribution in [3.63, 3.8) is 0 Å². The molecule has 0 spiro atoms. The van der Waals surface area contributed by atoms with Crippen molar-refractivity contribution in [1.82, 2.24) is 5.32 Å². The van der Waals surface area contributed by atoms with Gasteiger partial charge < -0.3 is 10.2 Å². The van der Waals surface area contributed by atoms with Crippen LogP contribution >= 0.6 is 0 Å². The van der Waals surface area contributed by atoms with Crippen LogP contribution in [-0.4, -0.2) is 18.6 Å². The summed E-state index contributed by atoms with van der Waals surface area (Å²) in [5, 5.41) is 3.38. The molecule has 0 aliphatic heterocycles. The number of benzene rings is 1. The predicted octanol–water partition coefficient (Wildman–Crippen LogP) is 4.58. The van der Waals surface area contributed by atoms with E-state index in [1.165, 1.54) is 0 Å². The zero-order valence-corrected chi connectivity index (χ0v) is 14.6. The minimum absolute atomic E-state index is 0.0394. The molecule has 1 unspecified atom stereocenters. The van der Waals surface area contributed by atoms with Gasteiger partial charge in [0.05, 0.1) is 5.69 Å². The predicted molar refractivity (Wildman–Crippen MR) is 90.3 cm³/mol. The Balaban J connectivity index is 2.78. The van der Waals surface area contributed by atoms with Crippen molar-refractivity contribution in [2.24, 2.45) is 5.92 Å². The minimum Gasteiger partial charge on any atom is -0.370 e. The Morgan fingerprint density at radius 1 is 1.19 bits per heavy atom. The summed E-state index contributed by atoms with van der Waals surface area (Å²) in [6, 6.07) is 5.88. The van der Waals surface area contributed by atoms with Gasteiger partial charge in [-0.25, -0.2) is 4.39 Å². The van der Waals surface area contributed by atoms with Gasteiger partial charge in [0.25, 0.3) is 0 Å². The second-order valence-electron chi connectivity index (χ2n) is 7.48. The van der Waals surface area contributed by atoms with E-state index in [2.05, 4.69) is 46.9 Å². The first kappa shape index (κ1) is 18.0. The highest BCUT2D eigenvalue weighted by Gasteiger charge is 2.16. The van der Waals surface area contributed by atoms with Crippen LogP contribution in [-0.2, 0) is 6.54 Å². The molecule has 120 valence electrons. The fraction of sp³-hybridized carbons (Fsp3) is 0.667. The van der Waals surface area contributed by atoms with Crippen molar-refractivity contribution in [2.45, 2.75) is 66.1 Å². The molecule has 0 saturated heterocycles. The summed E-state index contributed by atoms with van der Waals surface area (Å²) in [5.41, 5.74) is 1.70. The fourth-order valence-corrected chi connectivity index (χ4v) is 2.39. The molecule has 21 heavy (non-hydrogen) atoms. The topological polar surface area (TPSA) is 15.3 Å². The van der Waals surface area contributed by atoms with E-state index in [0.29, 0.717) is 24.2 Å². The lowest BCUT2D eigenvalue weighted by molar-refractivity contribution is 0.423. The van der Waals surface area contributed by atoms with Gasteiger partial charge in [0.2, 0.25) is 0 Å². The molecule has 3 heteroatoms. The number of halogens is 1. The van der Waals surface area contributed by atoms with Crippen LogP contribution in [0.5, 0.6) is 0 Å². The lowest BCUT2D eigenvalue weighted by Gasteiger charge is -2.29. The van der Waals surface area contributed by atoms with Gasteiger partial charge in [-0.1, -0.05) is 19.9 Å². The molecule has 0 aliphatic carbocycles. The van der Waals surface area contributed by atoms with Crippen LogP contribution in [0.2, 0.25) is 0 Å². The summed E-state index contributed by atoms with van der Waals surface area (Å²) in [7, 11) is 1.97. The zero-order chi connectivity index (χ0) is 16.2. The van der Waals surface area contributed by atoms with Gasteiger partial charge in [-0.2, -0.15) is 0 Å². The van der Waals surface area contributed by atoms with E-state index in [1.807, 2.05) is 24.1 Å². The molecule has 1 aromatic rings. The van der Waals surface area contributed by atoms with E-state index in [-0.39, 0.29) is 11.4 Å². The van der Waals surface area contributed by atoms with Crippen LogP contribution in [0.3, 0.4) is 0 Å². The molecule has 0 amide bonds. The largest absolute Gasteiger partial charge is 0.370 e. The summed E-state index contributed by atoms with van der Waals surface area (Å²) >= 11 is 0. The van der Waals surface area contributed by atoms with Crippen molar-refractivity contribution in [1.29, 1.82) is 0 Å². The first-order valence-electron chi connectivity index (χ1n) is 7.86. The van der Waals surface area contributed by atoms with E-state index in [9.17, 15) is 4.39 Å². The van der Waals surface area contributed by atoms with Crippen molar-refractivity contribution >= 4 is 5.69 Å². The fourth-order valence-electron chi connectivity index (χ4n) is 2.39. The Labute approximate surface area is 129 Å². The maximum atomic E-state index is 14.3. The van der Waals surface area contributed by atoms with Gasteiger partial charge in [0.15, 0.2) is 0 Å². The first-order valence-corrected chi connectivity index (χ1v) is 7.86. The number of hydrogen-bond donors (Lipinski definition) is 1. The van der Waals surface area contributed by atoms with Crippen molar-refractivity contribution < 1.29 is 4.39 Å². The maximum absolute atomic E-state index is 14.3. The lowest BCUT2D eigenvalue weighted by atomic mass is 10.0. The third-order valence-corrected chi connectivity index (χ3v) is 3.69. The molecule has 0 radical (unpaired) electrons. The molecule has 1 N–H and O–H groups in total. The van der Waals surface area contributed by atoms with E-state index >= 15 is 0 Å². The number of nitrogens with zero attached hydrogens (tertiary/aromatic N) is 1. The van der Waals surface area contributed by atoms with Crippen molar-refractivity contribution in [3.05, 3.63) is 29.6 Å². The Hall–Kier alpha value is -1.09. The van der Waals surface area contributed by atoms with Gasteiger partial charge in [0, 0.05) is 25.2 Å². The third-order valence-electron chi connectivity index (χ3n) is 3.69. The minimum atomic E-state index is -0.138. The quantitative estimate of drug-likeness (QED) is 0.826. The average Bonchev–Trinajstić information content (AvgIpc) is 2.34. The maximum Gasteiger partial charge on any atom is 0.146 e. The second kappa shape index (κ2) is 7.26. The van der Waals surface area contributed by atoms with Crippen LogP contribution < -0.4 is 10.2 Å². The SMILES string of the molecule is CC(C)CC(C)N(C)c1ccc(CNC(C)(C)C)cc1F. The Kier molecular flexibility index (Phi) is 6.21. The number of hydrogen-bond acceptors (Lipinski definition) is 2. The molecular weight excluding hydrogens is 263 g/mol. The van der Waals surface area contributed by atoms with E-state index < -0.39 is 0 Å². The summed E-state index contributed by atoms with van der Waals surface area (Å²) in [5.74, 6) is 0.474. The molecule has 0 fully saturated rings. The number of rotatable bonds is 6. The highest BCUT2D eigenvalue weighted by atomic mass is 19.1. The Morgan fingerprint density at radius 3 is 2.29 bits per heavy atom. The molecule has 0 heterocycles. The van der Waals surface area contributed by atoms with Crippen LogP contribution in [0.4, 0.5) is 10.1 Å². The highest BCUT2D eigenvalue weighted by Crippen LogP contribution is 2.23. The van der Waals surface area contributed by atoms with Gasteiger partial charge in [-0.05, 0) is 57.7 Å².